The molecule has 1 aliphatic carbocycles. The monoisotopic (exact) mass is 456 g/mol. The summed E-state index contributed by atoms with van der Waals surface area (Å²) >= 11 is 0. The number of hydrogen-bond acceptors (Lipinski definition) is 4. The molecule has 6 nitrogen and oxygen atoms in total. The van der Waals surface area contributed by atoms with Gasteiger partial charge in [-0.05, 0) is 79.8 Å². The first-order valence-corrected chi connectivity index (χ1v) is 11.7. The van der Waals surface area contributed by atoms with Crippen molar-refractivity contribution in [1.29, 1.82) is 0 Å². The van der Waals surface area contributed by atoms with Gasteiger partial charge in [-0.2, -0.15) is 0 Å². The van der Waals surface area contributed by atoms with E-state index in [2.05, 4.69) is 23.5 Å². The molecule has 5 rings (SSSR count). The van der Waals surface area contributed by atoms with Crippen LogP contribution in [0.4, 0.5) is 5.69 Å². The lowest BCUT2D eigenvalue weighted by Crippen LogP contribution is -2.41. The number of carbonyl (C=O) groups excluding carboxylic acids is 2. The van der Waals surface area contributed by atoms with Crippen LogP contribution in [-0.4, -0.2) is 29.9 Å². The maximum Gasteiger partial charge on any atom is 0.264 e. The van der Waals surface area contributed by atoms with Gasteiger partial charge in [0, 0.05) is 16.8 Å². The molecule has 1 heterocycles. The van der Waals surface area contributed by atoms with Gasteiger partial charge in [0.05, 0.1) is 19.7 Å². The average Bonchev–Trinajstić information content (AvgIpc) is 2.99. The van der Waals surface area contributed by atoms with Crippen LogP contribution in [0.1, 0.15) is 52.9 Å². The fourth-order valence-electron chi connectivity index (χ4n) is 4.89. The van der Waals surface area contributed by atoms with Gasteiger partial charge in [0.25, 0.3) is 11.8 Å². The van der Waals surface area contributed by atoms with Crippen molar-refractivity contribution < 1.29 is 19.1 Å². The highest BCUT2D eigenvalue weighted by Crippen LogP contribution is 2.38. The first-order valence-electron chi connectivity index (χ1n) is 11.7. The van der Waals surface area contributed by atoms with Crippen molar-refractivity contribution in [3.05, 3.63) is 89.0 Å². The number of fused-ring (bicyclic) bond motifs is 2. The van der Waals surface area contributed by atoms with Crippen LogP contribution in [-0.2, 0) is 17.8 Å². The summed E-state index contributed by atoms with van der Waals surface area (Å²) in [6.07, 6.45) is 2.44. The lowest BCUT2D eigenvalue weighted by molar-refractivity contribution is -0.140. The molecule has 0 bridgehead atoms. The molecule has 1 N–H and O–H groups in total. The molecule has 2 amide bonds. The number of methoxy groups -OCH3 is 1. The predicted octanol–water partition coefficient (Wildman–Crippen LogP) is 5.13. The number of amides is 2. The maximum atomic E-state index is 13.3. The Labute approximate surface area is 199 Å². The van der Waals surface area contributed by atoms with Gasteiger partial charge in [0.15, 0.2) is 6.10 Å². The second kappa shape index (κ2) is 9.21. The summed E-state index contributed by atoms with van der Waals surface area (Å²) in [6.45, 7) is 2.24. The highest BCUT2D eigenvalue weighted by atomic mass is 16.5. The molecule has 6 heteroatoms. The lowest BCUT2D eigenvalue weighted by Gasteiger charge is -2.35. The van der Waals surface area contributed by atoms with E-state index >= 15 is 0 Å². The number of hydrogen-bond donors (Lipinski definition) is 1. The van der Waals surface area contributed by atoms with Crippen LogP contribution >= 0.6 is 0 Å². The number of nitrogens with zero attached hydrogens (tertiary/aromatic N) is 1. The van der Waals surface area contributed by atoms with Gasteiger partial charge in [-0.15, -0.1) is 0 Å². The van der Waals surface area contributed by atoms with Crippen molar-refractivity contribution in [2.45, 2.75) is 44.9 Å². The van der Waals surface area contributed by atoms with Gasteiger partial charge >= 0.3 is 0 Å². The van der Waals surface area contributed by atoms with Crippen molar-refractivity contribution in [2.75, 3.05) is 12.4 Å². The van der Waals surface area contributed by atoms with E-state index in [4.69, 9.17) is 9.47 Å². The van der Waals surface area contributed by atoms with Crippen molar-refractivity contribution in [3.63, 3.8) is 0 Å². The first-order chi connectivity index (χ1) is 16.5. The van der Waals surface area contributed by atoms with E-state index in [1.165, 1.54) is 11.1 Å². The van der Waals surface area contributed by atoms with Crippen molar-refractivity contribution in [1.82, 2.24) is 4.90 Å². The van der Waals surface area contributed by atoms with E-state index < -0.39 is 6.10 Å². The van der Waals surface area contributed by atoms with E-state index in [0.29, 0.717) is 29.3 Å². The second-order valence-electron chi connectivity index (χ2n) is 8.84. The summed E-state index contributed by atoms with van der Waals surface area (Å²) in [6, 6.07) is 20.9. The molecule has 0 spiro atoms. The van der Waals surface area contributed by atoms with E-state index in [0.717, 1.165) is 24.8 Å². The smallest absolute Gasteiger partial charge is 0.264 e. The summed E-state index contributed by atoms with van der Waals surface area (Å²) in [4.78, 5) is 28.0. The van der Waals surface area contributed by atoms with Crippen LogP contribution in [0.5, 0.6) is 11.5 Å². The van der Waals surface area contributed by atoms with Crippen LogP contribution < -0.4 is 14.8 Å². The highest BCUT2D eigenvalue weighted by Gasteiger charge is 2.35. The minimum Gasteiger partial charge on any atom is -0.497 e. The maximum absolute atomic E-state index is 13.3. The van der Waals surface area contributed by atoms with Crippen LogP contribution in [0.15, 0.2) is 66.7 Å². The Morgan fingerprint density at radius 1 is 1.06 bits per heavy atom. The molecule has 3 aromatic rings. The van der Waals surface area contributed by atoms with Crippen LogP contribution in [0.3, 0.4) is 0 Å². The molecule has 2 atom stereocenters. The predicted molar refractivity (Wildman–Crippen MR) is 130 cm³/mol. The minimum absolute atomic E-state index is 0.0123. The molecule has 3 aromatic carbocycles. The Morgan fingerprint density at radius 2 is 1.85 bits per heavy atom. The Hall–Kier alpha value is -3.80. The van der Waals surface area contributed by atoms with Gasteiger partial charge in [-0.1, -0.05) is 24.3 Å². The topological polar surface area (TPSA) is 67.9 Å². The third-order valence-corrected chi connectivity index (χ3v) is 6.66. The average molecular weight is 457 g/mol. The third-order valence-electron chi connectivity index (χ3n) is 6.66. The van der Waals surface area contributed by atoms with Crippen LogP contribution in [0.2, 0.25) is 0 Å². The lowest BCUT2D eigenvalue weighted by atomic mass is 9.86. The largest absolute Gasteiger partial charge is 0.497 e. The number of anilines is 1. The van der Waals surface area contributed by atoms with E-state index in [-0.39, 0.29) is 17.9 Å². The SMILES string of the molecule is COc1ccc(C(=O)Nc2ccc3c(c2)CN([C@@H]2CCCc4ccccc42)C(=O)[C@@H](C)O3)cc1. The Kier molecular flexibility index (Phi) is 5.97. The summed E-state index contributed by atoms with van der Waals surface area (Å²) in [5.41, 5.74) is 4.62. The fourth-order valence-corrected chi connectivity index (χ4v) is 4.89. The van der Waals surface area contributed by atoms with Crippen LogP contribution in [0.25, 0.3) is 0 Å². The summed E-state index contributed by atoms with van der Waals surface area (Å²) in [7, 11) is 1.59. The molecule has 0 saturated heterocycles. The van der Waals surface area contributed by atoms with Crippen molar-refractivity contribution >= 4 is 17.5 Å². The molecular formula is C28H28N2O4. The zero-order valence-corrected chi connectivity index (χ0v) is 19.4. The van der Waals surface area contributed by atoms with E-state index in [1.54, 1.807) is 38.3 Å². The first kappa shape index (κ1) is 22.0. The molecule has 0 unspecified atom stereocenters. The summed E-state index contributed by atoms with van der Waals surface area (Å²) < 4.78 is 11.2. The molecule has 0 saturated carbocycles. The Balaban J connectivity index is 1.42. The van der Waals surface area contributed by atoms with Gasteiger partial charge in [0.1, 0.15) is 11.5 Å². The van der Waals surface area contributed by atoms with Gasteiger partial charge < -0.3 is 19.7 Å². The number of carbonyl (C=O) groups is 2. The molecule has 34 heavy (non-hydrogen) atoms. The van der Waals surface area contributed by atoms with Gasteiger partial charge in [0.2, 0.25) is 0 Å². The number of aryl methyl sites for hydroxylation is 1. The van der Waals surface area contributed by atoms with Gasteiger partial charge in [-0.25, -0.2) is 0 Å². The Morgan fingerprint density at radius 3 is 2.65 bits per heavy atom. The molecule has 1 aliphatic heterocycles. The number of ether oxygens (including phenoxy) is 2. The molecule has 0 aromatic heterocycles. The zero-order valence-electron chi connectivity index (χ0n) is 19.4. The van der Waals surface area contributed by atoms with E-state index in [9.17, 15) is 9.59 Å². The molecule has 2 aliphatic rings. The number of nitrogens with one attached hydrogen (secondary N) is 1. The minimum atomic E-state index is -0.574. The quantitative estimate of drug-likeness (QED) is 0.591. The van der Waals surface area contributed by atoms with Crippen molar-refractivity contribution in [2.24, 2.45) is 0 Å². The number of benzene rings is 3. The summed E-state index contributed by atoms with van der Waals surface area (Å²) in [5, 5.41) is 2.96. The van der Waals surface area contributed by atoms with Gasteiger partial charge in [-0.3, -0.25) is 9.59 Å². The standard InChI is InChI=1S/C28H28N2O4/c1-18-28(32)30(25-9-5-7-19-6-3-4-8-24(19)25)17-21-16-22(12-15-26(21)34-18)29-27(31)20-10-13-23(33-2)14-11-20/h3-4,6,8,10-16,18,25H,5,7,9,17H2,1-2H3,(H,29,31)/t18-,25-/m1/s1. The third kappa shape index (κ3) is 4.23. The zero-order chi connectivity index (χ0) is 23.7. The summed E-state index contributed by atoms with van der Waals surface area (Å²) in [5.74, 6) is 1.15. The van der Waals surface area contributed by atoms with E-state index in [1.807, 2.05) is 29.2 Å². The highest BCUT2D eigenvalue weighted by molar-refractivity contribution is 6.04. The Bertz CT molecular complexity index is 1220. The second-order valence-corrected chi connectivity index (χ2v) is 8.84. The molecule has 0 fully saturated rings. The fraction of sp³-hybridized carbons (Fsp3) is 0.286. The van der Waals surface area contributed by atoms with Crippen LogP contribution in [0, 0.1) is 0 Å². The normalized spacial score (nSPS) is 19.4. The molecule has 174 valence electrons. The molecule has 0 radical (unpaired) electrons. The van der Waals surface area contributed by atoms with Crippen molar-refractivity contribution in [3.8, 4) is 11.5 Å². The molecular weight excluding hydrogens is 428 g/mol. The number of rotatable bonds is 4.